The molecule has 0 spiro atoms. The van der Waals surface area contributed by atoms with E-state index in [9.17, 15) is 53.1 Å². The Hall–Kier alpha value is -6.41. The molecule has 8 amide bonds. The summed E-state index contributed by atoms with van der Waals surface area (Å²) in [6.07, 6.45) is -0.915. The van der Waals surface area contributed by atoms with Crippen LogP contribution in [-0.4, -0.2) is 143 Å². The average molecular weight is 889 g/mol. The summed E-state index contributed by atoms with van der Waals surface area (Å²) in [6, 6.07) is -8.59. The lowest BCUT2D eigenvalue weighted by Crippen LogP contribution is -2.59. The molecule has 27 heteroatoms. The summed E-state index contributed by atoms with van der Waals surface area (Å²) in [4.78, 5) is 134. The standard InChI is InChI=1S/C34H60N14O12S/c1-17(49)43-19(5-3-14-41-33(37)38)28(56)45-20(6-4-15-42-34(39)40)29(57)46-21(7-10-24(35)50)31(59)48-23(13-16-61-2)32(60)47-22(9-12-26(53)54)30(58)44-18(27(36)55)8-11-25(51)52/h18-23H,3-16H2,1-2H3,(H2,35,50)(H2,36,55)(H,43,49)(H,44,58)(H,45,56)(H,46,57)(H,47,60)(H,48,59)(H,51,52)(H,53,54)(H4,37,38,41)(H4,39,40,42)/t18-,19-,20-,21-,22-,23+/m0/s1. The summed E-state index contributed by atoms with van der Waals surface area (Å²) >= 11 is 1.27. The highest BCUT2D eigenvalue weighted by atomic mass is 32.2. The highest BCUT2D eigenvalue weighted by Crippen LogP contribution is 2.09. The molecular weight excluding hydrogens is 829 g/mol. The number of carboxylic acid groups (broad SMARTS) is 2. The number of carboxylic acids is 2. The third kappa shape index (κ3) is 25.6. The van der Waals surface area contributed by atoms with E-state index >= 15 is 0 Å². The predicted molar refractivity (Wildman–Crippen MR) is 221 cm³/mol. The Morgan fingerprint density at radius 2 is 0.820 bits per heavy atom. The fraction of sp³-hybridized carbons (Fsp3) is 0.647. The van der Waals surface area contributed by atoms with E-state index in [2.05, 4.69) is 41.9 Å². The summed E-state index contributed by atoms with van der Waals surface area (Å²) in [7, 11) is 0. The Morgan fingerprint density at radius 3 is 1.15 bits per heavy atom. The first-order valence-corrected chi connectivity index (χ1v) is 20.4. The zero-order valence-electron chi connectivity index (χ0n) is 34.1. The molecule has 0 unspecified atom stereocenters. The first-order chi connectivity index (χ1) is 28.6. The Morgan fingerprint density at radius 1 is 0.492 bits per heavy atom. The zero-order chi connectivity index (χ0) is 46.7. The maximum Gasteiger partial charge on any atom is 0.303 e. The van der Waals surface area contributed by atoms with Crippen LogP contribution >= 0.6 is 11.8 Å². The van der Waals surface area contributed by atoms with Crippen molar-refractivity contribution in [1.29, 1.82) is 0 Å². The molecule has 0 aliphatic carbocycles. The molecule has 0 fully saturated rings. The monoisotopic (exact) mass is 888 g/mol. The second kappa shape index (κ2) is 29.7. The number of hydrogen-bond donors (Lipinski definition) is 14. The van der Waals surface area contributed by atoms with Gasteiger partial charge in [-0.25, -0.2) is 0 Å². The Balaban J connectivity index is 6.54. The molecule has 344 valence electrons. The number of nitrogens with one attached hydrogen (secondary N) is 6. The molecule has 0 aliphatic rings. The lowest BCUT2D eigenvalue weighted by Gasteiger charge is -2.27. The number of carbonyl (C=O) groups is 10. The number of rotatable bonds is 32. The zero-order valence-corrected chi connectivity index (χ0v) is 34.9. The minimum Gasteiger partial charge on any atom is -0.481 e. The van der Waals surface area contributed by atoms with Crippen LogP contribution in [0, 0.1) is 0 Å². The molecule has 0 bridgehead atoms. The van der Waals surface area contributed by atoms with Gasteiger partial charge in [-0.1, -0.05) is 0 Å². The fourth-order valence-corrected chi connectivity index (χ4v) is 5.77. The first-order valence-electron chi connectivity index (χ1n) is 19.0. The maximum atomic E-state index is 13.8. The van der Waals surface area contributed by atoms with Gasteiger partial charge in [0.2, 0.25) is 47.3 Å². The molecule has 0 aliphatic heterocycles. The van der Waals surface area contributed by atoms with E-state index in [0.717, 1.165) is 0 Å². The molecule has 6 atom stereocenters. The van der Waals surface area contributed by atoms with Gasteiger partial charge in [-0.15, -0.1) is 0 Å². The number of carbonyl (C=O) groups excluding carboxylic acids is 8. The predicted octanol–water partition coefficient (Wildman–Crippen LogP) is -5.74. The molecule has 26 nitrogen and oxygen atoms in total. The molecule has 20 N–H and O–H groups in total. The summed E-state index contributed by atoms with van der Waals surface area (Å²) in [5.41, 5.74) is 32.2. The van der Waals surface area contributed by atoms with E-state index in [4.69, 9.17) is 39.5 Å². The van der Waals surface area contributed by atoms with Crippen LogP contribution in [0.1, 0.15) is 77.6 Å². The number of guanidine groups is 2. The largest absolute Gasteiger partial charge is 0.481 e. The minimum absolute atomic E-state index is 0.0322. The summed E-state index contributed by atoms with van der Waals surface area (Å²) in [5.74, 6) is -10.0. The van der Waals surface area contributed by atoms with E-state index in [1.165, 1.54) is 18.7 Å². The Labute approximate surface area is 355 Å². The second-order valence-corrected chi connectivity index (χ2v) is 14.5. The summed E-state index contributed by atoms with van der Waals surface area (Å²) < 4.78 is 0. The van der Waals surface area contributed by atoms with Crippen LogP contribution in [0.15, 0.2) is 9.98 Å². The number of nitrogens with two attached hydrogens (primary N) is 6. The van der Waals surface area contributed by atoms with Gasteiger partial charge in [0.05, 0.1) is 0 Å². The molecule has 0 rings (SSSR count). The van der Waals surface area contributed by atoms with Crippen LogP contribution in [0.25, 0.3) is 0 Å². The van der Waals surface area contributed by atoms with Crippen LogP contribution in [0.4, 0.5) is 0 Å². The average Bonchev–Trinajstić information content (AvgIpc) is 3.16. The number of hydrogen-bond acceptors (Lipinski definition) is 13. The fourth-order valence-electron chi connectivity index (χ4n) is 5.30. The van der Waals surface area contributed by atoms with E-state index in [-0.39, 0.29) is 69.3 Å². The van der Waals surface area contributed by atoms with Crippen molar-refractivity contribution in [3.8, 4) is 0 Å². The molecule has 0 aromatic heterocycles. The summed E-state index contributed by atoms with van der Waals surface area (Å²) in [6.45, 7) is 1.34. The normalized spacial score (nSPS) is 13.5. The molecule has 0 aromatic rings. The van der Waals surface area contributed by atoms with Crippen LogP contribution in [0.3, 0.4) is 0 Å². The van der Waals surface area contributed by atoms with Gasteiger partial charge in [-0.05, 0) is 63.4 Å². The lowest BCUT2D eigenvalue weighted by atomic mass is 10.0. The van der Waals surface area contributed by atoms with Gasteiger partial charge >= 0.3 is 11.9 Å². The number of aliphatic imine (C=N–C) groups is 2. The van der Waals surface area contributed by atoms with Crippen LogP contribution in [0.2, 0.25) is 0 Å². The van der Waals surface area contributed by atoms with Crippen molar-refractivity contribution >= 4 is 82.9 Å². The number of nitrogens with zero attached hydrogens (tertiary/aromatic N) is 2. The van der Waals surface area contributed by atoms with Gasteiger partial charge in [0, 0.05) is 39.3 Å². The molecule has 0 heterocycles. The van der Waals surface area contributed by atoms with Gasteiger partial charge in [-0.2, -0.15) is 11.8 Å². The van der Waals surface area contributed by atoms with Gasteiger partial charge in [0.25, 0.3) is 0 Å². The maximum absolute atomic E-state index is 13.8. The van der Waals surface area contributed by atoms with Crippen LogP contribution in [0.5, 0.6) is 0 Å². The van der Waals surface area contributed by atoms with Crippen molar-refractivity contribution in [2.75, 3.05) is 25.1 Å². The highest BCUT2D eigenvalue weighted by Gasteiger charge is 2.33. The van der Waals surface area contributed by atoms with Crippen LogP contribution < -0.4 is 66.3 Å². The molecule has 0 saturated heterocycles. The molecule has 0 radical (unpaired) electrons. The van der Waals surface area contributed by atoms with Crippen molar-refractivity contribution in [2.45, 2.75) is 114 Å². The third-order valence-electron chi connectivity index (χ3n) is 8.36. The molecule has 61 heavy (non-hydrogen) atoms. The highest BCUT2D eigenvalue weighted by molar-refractivity contribution is 7.98. The molecule has 0 saturated carbocycles. The minimum atomic E-state index is -1.61. The van der Waals surface area contributed by atoms with E-state index < -0.39 is 128 Å². The van der Waals surface area contributed by atoms with Crippen molar-refractivity contribution in [1.82, 2.24) is 31.9 Å². The smallest absolute Gasteiger partial charge is 0.303 e. The van der Waals surface area contributed by atoms with Gasteiger partial charge in [0.1, 0.15) is 36.3 Å². The van der Waals surface area contributed by atoms with E-state index in [0.29, 0.717) is 0 Å². The SMILES string of the molecule is CSCC[C@@H](NC(=O)[C@H](CCC(N)=O)NC(=O)[C@H](CCCN=C(N)N)NC(=O)[C@H](CCCN=C(N)N)NC(C)=O)C(=O)N[C@@H](CCC(=O)O)C(=O)N[C@@H](CCC(=O)O)C(N)=O. The second-order valence-electron chi connectivity index (χ2n) is 13.5. The quantitative estimate of drug-likeness (QED) is 0.0170. The molecule has 0 aromatic carbocycles. The lowest BCUT2D eigenvalue weighted by molar-refractivity contribution is -0.139. The number of amides is 8. The van der Waals surface area contributed by atoms with Gasteiger partial charge < -0.3 is 76.5 Å². The van der Waals surface area contributed by atoms with Gasteiger partial charge in [-0.3, -0.25) is 57.9 Å². The first kappa shape index (κ1) is 54.6. The van der Waals surface area contributed by atoms with Crippen LogP contribution in [-0.2, 0) is 47.9 Å². The van der Waals surface area contributed by atoms with E-state index in [1.807, 2.05) is 0 Å². The van der Waals surface area contributed by atoms with Crippen molar-refractivity contribution in [3.63, 3.8) is 0 Å². The number of primary amides is 2. The topological polar surface area (TPSA) is 464 Å². The number of thioether (sulfide) groups is 1. The van der Waals surface area contributed by atoms with Crippen molar-refractivity contribution < 1.29 is 58.2 Å². The third-order valence-corrected chi connectivity index (χ3v) is 9.00. The Bertz CT molecular complexity index is 1610. The van der Waals surface area contributed by atoms with Crippen molar-refractivity contribution in [2.24, 2.45) is 44.4 Å². The van der Waals surface area contributed by atoms with Gasteiger partial charge in [0.15, 0.2) is 11.9 Å². The van der Waals surface area contributed by atoms with E-state index in [1.54, 1.807) is 6.26 Å². The Kier molecular flexibility index (Phi) is 26.6. The van der Waals surface area contributed by atoms with Crippen molar-refractivity contribution in [3.05, 3.63) is 0 Å². The molecular formula is C34H60N14O12S. The summed E-state index contributed by atoms with van der Waals surface area (Å²) in [5, 5.41) is 32.8. The number of aliphatic carboxylic acids is 2.